The molecule has 5 heteroatoms. The van der Waals surface area contributed by atoms with Gasteiger partial charge < -0.3 is 10.1 Å². The van der Waals surface area contributed by atoms with Crippen LogP contribution in [0.4, 0.5) is 13.2 Å². The zero-order valence-corrected chi connectivity index (χ0v) is 10.7. The van der Waals surface area contributed by atoms with Gasteiger partial charge in [0, 0.05) is 6.61 Å². The van der Waals surface area contributed by atoms with Gasteiger partial charge in [0.1, 0.15) is 0 Å². The maximum atomic E-state index is 12.5. The maximum Gasteiger partial charge on any atom is 0.416 e. The minimum absolute atomic E-state index is 0.244. The molecule has 0 bridgehead atoms. The molecule has 1 aliphatic rings. The predicted octanol–water partition coefficient (Wildman–Crippen LogP) is 3.22. The normalized spacial score (nSPS) is 17.6. The summed E-state index contributed by atoms with van der Waals surface area (Å²) in [6.07, 6.45) is -2.14. The van der Waals surface area contributed by atoms with Gasteiger partial charge in [0.2, 0.25) is 0 Å². The van der Waals surface area contributed by atoms with Crippen LogP contribution in [0.3, 0.4) is 0 Å². The number of rotatable bonds is 4. The molecule has 0 atom stereocenters. The number of alkyl halides is 3. The molecular weight excluding hydrogens is 255 g/mol. The number of nitrogens with one attached hydrogen (secondary N) is 1. The van der Waals surface area contributed by atoms with Gasteiger partial charge in [0.15, 0.2) is 0 Å². The highest BCUT2D eigenvalue weighted by molar-refractivity contribution is 5.25. The second-order valence-corrected chi connectivity index (χ2v) is 4.91. The van der Waals surface area contributed by atoms with E-state index in [4.69, 9.17) is 4.74 Å². The first-order chi connectivity index (χ1) is 9.05. The maximum absolute atomic E-state index is 12.5. The standard InChI is InChI=1S/C14H18F3NO/c15-14(16,17)13-3-1-2-12(8-13)10-19-9-11-4-6-18-7-5-11/h1-3,8,11,18H,4-7,9-10H2. The second kappa shape index (κ2) is 6.39. The Morgan fingerprint density at radius 1 is 1.21 bits per heavy atom. The van der Waals surface area contributed by atoms with Crippen molar-refractivity contribution in [1.82, 2.24) is 5.32 Å². The van der Waals surface area contributed by atoms with Gasteiger partial charge >= 0.3 is 6.18 Å². The minimum Gasteiger partial charge on any atom is -0.376 e. The highest BCUT2D eigenvalue weighted by Gasteiger charge is 2.30. The van der Waals surface area contributed by atoms with Gasteiger partial charge in [0.05, 0.1) is 12.2 Å². The van der Waals surface area contributed by atoms with Gasteiger partial charge in [0.25, 0.3) is 0 Å². The van der Waals surface area contributed by atoms with Gasteiger partial charge in [-0.2, -0.15) is 13.2 Å². The van der Waals surface area contributed by atoms with Crippen LogP contribution in [0.25, 0.3) is 0 Å². The quantitative estimate of drug-likeness (QED) is 0.909. The average Bonchev–Trinajstić information content (AvgIpc) is 2.39. The number of ether oxygens (including phenoxy) is 1. The zero-order chi connectivity index (χ0) is 13.7. The number of piperidine rings is 1. The molecule has 1 heterocycles. The monoisotopic (exact) mass is 273 g/mol. The lowest BCUT2D eigenvalue weighted by molar-refractivity contribution is -0.137. The molecule has 0 saturated carbocycles. The van der Waals surface area contributed by atoms with Crippen molar-refractivity contribution in [2.45, 2.75) is 25.6 Å². The molecule has 2 nitrogen and oxygen atoms in total. The predicted molar refractivity (Wildman–Crippen MR) is 66.7 cm³/mol. The van der Waals surface area contributed by atoms with Crippen molar-refractivity contribution in [2.75, 3.05) is 19.7 Å². The van der Waals surface area contributed by atoms with Gasteiger partial charge in [-0.05, 0) is 49.5 Å². The number of halogens is 3. The molecule has 106 valence electrons. The van der Waals surface area contributed by atoms with Crippen LogP contribution in [0.1, 0.15) is 24.0 Å². The Morgan fingerprint density at radius 3 is 2.63 bits per heavy atom. The van der Waals surface area contributed by atoms with Gasteiger partial charge in [-0.25, -0.2) is 0 Å². The van der Waals surface area contributed by atoms with E-state index in [1.54, 1.807) is 6.07 Å². The lowest BCUT2D eigenvalue weighted by Crippen LogP contribution is -2.29. The lowest BCUT2D eigenvalue weighted by Gasteiger charge is -2.22. The third kappa shape index (κ3) is 4.51. The first kappa shape index (κ1) is 14.3. The molecule has 0 amide bonds. The third-order valence-corrected chi connectivity index (χ3v) is 3.34. The first-order valence-corrected chi connectivity index (χ1v) is 6.50. The Labute approximate surface area is 111 Å². The summed E-state index contributed by atoms with van der Waals surface area (Å²) in [6.45, 7) is 2.86. The summed E-state index contributed by atoms with van der Waals surface area (Å²) in [5, 5.41) is 3.27. The van der Waals surface area contributed by atoms with Crippen LogP contribution in [0.15, 0.2) is 24.3 Å². The van der Waals surface area contributed by atoms with Crippen molar-refractivity contribution in [3.05, 3.63) is 35.4 Å². The van der Waals surface area contributed by atoms with E-state index in [9.17, 15) is 13.2 Å². The van der Waals surface area contributed by atoms with Crippen LogP contribution < -0.4 is 5.32 Å². The number of hydrogen-bond donors (Lipinski definition) is 1. The molecule has 2 rings (SSSR count). The van der Waals surface area contributed by atoms with Crippen LogP contribution in [0.2, 0.25) is 0 Å². The zero-order valence-electron chi connectivity index (χ0n) is 10.7. The van der Waals surface area contributed by atoms with Crippen LogP contribution >= 0.6 is 0 Å². The Morgan fingerprint density at radius 2 is 1.95 bits per heavy atom. The van der Waals surface area contributed by atoms with Crippen molar-refractivity contribution in [2.24, 2.45) is 5.92 Å². The summed E-state index contributed by atoms with van der Waals surface area (Å²) < 4.78 is 43.1. The summed E-state index contributed by atoms with van der Waals surface area (Å²) in [7, 11) is 0. The smallest absolute Gasteiger partial charge is 0.376 e. The van der Waals surface area contributed by atoms with Crippen molar-refractivity contribution in [1.29, 1.82) is 0 Å². The third-order valence-electron chi connectivity index (χ3n) is 3.34. The van der Waals surface area contributed by atoms with Crippen molar-refractivity contribution in [3.63, 3.8) is 0 Å². The van der Waals surface area contributed by atoms with E-state index in [0.29, 0.717) is 18.1 Å². The summed E-state index contributed by atoms with van der Waals surface area (Å²) >= 11 is 0. The van der Waals surface area contributed by atoms with Crippen LogP contribution in [-0.4, -0.2) is 19.7 Å². The fourth-order valence-electron chi connectivity index (χ4n) is 2.23. The molecule has 1 fully saturated rings. The van der Waals surface area contributed by atoms with Crippen LogP contribution in [-0.2, 0) is 17.5 Å². The topological polar surface area (TPSA) is 21.3 Å². The molecule has 1 aliphatic heterocycles. The number of hydrogen-bond acceptors (Lipinski definition) is 2. The Hall–Kier alpha value is -1.07. The first-order valence-electron chi connectivity index (χ1n) is 6.50. The second-order valence-electron chi connectivity index (χ2n) is 4.91. The Bertz CT molecular complexity index is 400. The van der Waals surface area contributed by atoms with E-state index in [2.05, 4.69) is 5.32 Å². The molecule has 1 aromatic rings. The lowest BCUT2D eigenvalue weighted by atomic mass is 9.99. The highest BCUT2D eigenvalue weighted by atomic mass is 19.4. The Balaban J connectivity index is 1.82. The molecule has 0 aromatic heterocycles. The molecule has 1 saturated heterocycles. The van der Waals surface area contributed by atoms with E-state index in [1.165, 1.54) is 6.07 Å². The molecule has 0 unspecified atom stereocenters. The van der Waals surface area contributed by atoms with Gasteiger partial charge in [-0.15, -0.1) is 0 Å². The minimum atomic E-state index is -4.29. The summed E-state index contributed by atoms with van der Waals surface area (Å²) in [5.41, 5.74) is -0.0424. The summed E-state index contributed by atoms with van der Waals surface area (Å²) in [6, 6.07) is 5.32. The van der Waals surface area contributed by atoms with Crippen LogP contribution in [0, 0.1) is 5.92 Å². The summed E-state index contributed by atoms with van der Waals surface area (Å²) in [5.74, 6) is 0.520. The van der Waals surface area contributed by atoms with E-state index >= 15 is 0 Å². The Kier molecular flexibility index (Phi) is 4.82. The van der Waals surface area contributed by atoms with E-state index in [-0.39, 0.29) is 6.61 Å². The van der Waals surface area contributed by atoms with E-state index < -0.39 is 11.7 Å². The molecule has 1 aromatic carbocycles. The van der Waals surface area contributed by atoms with E-state index in [0.717, 1.165) is 38.1 Å². The fourth-order valence-corrected chi connectivity index (χ4v) is 2.23. The molecule has 0 radical (unpaired) electrons. The average molecular weight is 273 g/mol. The SMILES string of the molecule is FC(F)(F)c1cccc(COCC2CCNCC2)c1. The molecule has 0 spiro atoms. The van der Waals surface area contributed by atoms with Crippen molar-refractivity contribution in [3.8, 4) is 0 Å². The fraction of sp³-hybridized carbons (Fsp3) is 0.571. The largest absolute Gasteiger partial charge is 0.416 e. The number of benzene rings is 1. The van der Waals surface area contributed by atoms with Gasteiger partial charge in [-0.1, -0.05) is 12.1 Å². The highest BCUT2D eigenvalue weighted by Crippen LogP contribution is 2.29. The molecular formula is C14H18F3NO. The van der Waals surface area contributed by atoms with Crippen LogP contribution in [0.5, 0.6) is 0 Å². The molecule has 19 heavy (non-hydrogen) atoms. The molecule has 0 aliphatic carbocycles. The van der Waals surface area contributed by atoms with Crippen molar-refractivity contribution < 1.29 is 17.9 Å². The summed E-state index contributed by atoms with van der Waals surface area (Å²) in [4.78, 5) is 0. The van der Waals surface area contributed by atoms with Gasteiger partial charge in [-0.3, -0.25) is 0 Å². The molecule has 1 N–H and O–H groups in total. The van der Waals surface area contributed by atoms with Crippen molar-refractivity contribution >= 4 is 0 Å². The van der Waals surface area contributed by atoms with E-state index in [1.807, 2.05) is 0 Å².